The van der Waals surface area contributed by atoms with Crippen molar-refractivity contribution in [3.05, 3.63) is 77.6 Å². The lowest BCUT2D eigenvalue weighted by molar-refractivity contribution is 0.0942. The third-order valence-corrected chi connectivity index (χ3v) is 6.25. The largest absolute Gasteiger partial charge is 0.346 e. The number of fused-ring (bicyclic) bond motifs is 1. The van der Waals surface area contributed by atoms with E-state index in [2.05, 4.69) is 25.9 Å². The molecular formula is C26H27N9O2. The molecule has 2 N–H and O–H groups in total. The van der Waals surface area contributed by atoms with Gasteiger partial charge in [-0.15, -0.1) is 0 Å². The fraction of sp³-hybridized carbons (Fsp3) is 0.231. The van der Waals surface area contributed by atoms with Gasteiger partial charge in [-0.1, -0.05) is 18.2 Å². The first kappa shape index (κ1) is 23.9. The smallest absolute Gasteiger partial charge is 0.271 e. The number of rotatable bonds is 7. The Morgan fingerprint density at radius 2 is 1.81 bits per heavy atom. The predicted octanol–water partition coefficient (Wildman–Crippen LogP) is 3.08. The fourth-order valence-corrected chi connectivity index (χ4v) is 4.34. The Hall–Kier alpha value is -4.80. The maximum absolute atomic E-state index is 13.6. The number of anilines is 1. The van der Waals surface area contributed by atoms with E-state index in [1.807, 2.05) is 56.0 Å². The first-order valence-corrected chi connectivity index (χ1v) is 11.9. The molecule has 0 aliphatic rings. The Morgan fingerprint density at radius 1 is 1.00 bits per heavy atom. The lowest BCUT2D eigenvalue weighted by Gasteiger charge is -2.11. The number of aryl methyl sites for hydroxylation is 3. The van der Waals surface area contributed by atoms with Gasteiger partial charge in [-0.3, -0.25) is 23.6 Å². The van der Waals surface area contributed by atoms with Crippen LogP contribution < -0.4 is 10.6 Å². The van der Waals surface area contributed by atoms with E-state index >= 15 is 0 Å². The summed E-state index contributed by atoms with van der Waals surface area (Å²) in [6, 6.07) is 9.24. The number of para-hydroxylation sites is 1. The van der Waals surface area contributed by atoms with Gasteiger partial charge in [0.05, 0.1) is 41.1 Å². The van der Waals surface area contributed by atoms with Crippen LogP contribution in [0.15, 0.2) is 55.1 Å². The summed E-state index contributed by atoms with van der Waals surface area (Å²) in [5.74, 6) is -0.725. The van der Waals surface area contributed by atoms with Gasteiger partial charge in [0.2, 0.25) is 0 Å². The van der Waals surface area contributed by atoms with Crippen molar-refractivity contribution in [2.45, 2.75) is 26.9 Å². The summed E-state index contributed by atoms with van der Waals surface area (Å²) in [5, 5.41) is 19.2. The van der Waals surface area contributed by atoms with E-state index in [1.54, 1.807) is 30.2 Å². The number of aromatic nitrogens is 7. The molecule has 4 heterocycles. The van der Waals surface area contributed by atoms with Crippen LogP contribution in [0.2, 0.25) is 0 Å². The van der Waals surface area contributed by atoms with Crippen LogP contribution >= 0.6 is 0 Å². The van der Waals surface area contributed by atoms with Crippen LogP contribution in [0, 0.1) is 6.92 Å². The minimum absolute atomic E-state index is 0.246. The van der Waals surface area contributed by atoms with Gasteiger partial charge in [0.15, 0.2) is 0 Å². The zero-order chi connectivity index (χ0) is 26.1. The summed E-state index contributed by atoms with van der Waals surface area (Å²) in [4.78, 5) is 31.4. The third kappa shape index (κ3) is 4.58. The van der Waals surface area contributed by atoms with Crippen molar-refractivity contribution in [3.8, 4) is 11.3 Å². The highest BCUT2D eigenvalue weighted by Gasteiger charge is 2.22. The maximum atomic E-state index is 13.6. The van der Waals surface area contributed by atoms with E-state index in [0.717, 1.165) is 23.4 Å². The Morgan fingerprint density at radius 3 is 2.54 bits per heavy atom. The molecule has 0 atom stereocenters. The molecular weight excluding hydrogens is 470 g/mol. The van der Waals surface area contributed by atoms with E-state index in [1.165, 1.54) is 10.9 Å². The number of amides is 2. The second-order valence-corrected chi connectivity index (χ2v) is 8.72. The van der Waals surface area contributed by atoms with Gasteiger partial charge in [-0.05, 0) is 26.0 Å². The molecule has 2 amide bonds. The maximum Gasteiger partial charge on any atom is 0.271 e. The fourth-order valence-electron chi connectivity index (χ4n) is 4.34. The monoisotopic (exact) mass is 497 g/mol. The molecule has 0 radical (unpaired) electrons. The summed E-state index contributed by atoms with van der Waals surface area (Å²) in [7, 11) is 3.47. The van der Waals surface area contributed by atoms with Gasteiger partial charge >= 0.3 is 0 Å². The molecule has 0 fully saturated rings. The first-order valence-electron chi connectivity index (χ1n) is 11.9. The second kappa shape index (κ2) is 9.69. The molecule has 188 valence electrons. The quantitative estimate of drug-likeness (QED) is 0.356. The summed E-state index contributed by atoms with van der Waals surface area (Å²) >= 11 is 0. The molecule has 0 aliphatic carbocycles. The molecule has 0 saturated carbocycles. The van der Waals surface area contributed by atoms with E-state index in [4.69, 9.17) is 4.98 Å². The molecule has 0 bridgehead atoms. The first-order chi connectivity index (χ1) is 17.9. The zero-order valence-corrected chi connectivity index (χ0v) is 21.1. The molecule has 11 nitrogen and oxygen atoms in total. The zero-order valence-electron chi connectivity index (χ0n) is 21.1. The Kier molecular flexibility index (Phi) is 6.26. The normalized spacial score (nSPS) is 11.1. The van der Waals surface area contributed by atoms with Gasteiger partial charge in [0, 0.05) is 55.6 Å². The summed E-state index contributed by atoms with van der Waals surface area (Å²) in [6.07, 6.45) is 6.74. The van der Waals surface area contributed by atoms with Crippen molar-refractivity contribution in [2.24, 2.45) is 14.1 Å². The number of nitrogens with one attached hydrogen (secondary N) is 2. The van der Waals surface area contributed by atoms with Crippen LogP contribution in [0.4, 0.5) is 5.69 Å². The molecule has 0 unspecified atom stereocenters. The van der Waals surface area contributed by atoms with Crippen molar-refractivity contribution in [1.29, 1.82) is 0 Å². The predicted molar refractivity (Wildman–Crippen MR) is 139 cm³/mol. The van der Waals surface area contributed by atoms with E-state index in [-0.39, 0.29) is 17.5 Å². The lowest BCUT2D eigenvalue weighted by atomic mass is 10.0. The molecule has 5 aromatic rings. The number of nitrogens with zero attached hydrogens (tertiary/aromatic N) is 7. The highest BCUT2D eigenvalue weighted by atomic mass is 16.2. The Balaban J connectivity index is 1.46. The van der Waals surface area contributed by atoms with Crippen LogP contribution in [0.25, 0.3) is 22.2 Å². The third-order valence-electron chi connectivity index (χ3n) is 6.25. The summed E-state index contributed by atoms with van der Waals surface area (Å²) < 4.78 is 4.99. The van der Waals surface area contributed by atoms with Crippen LogP contribution in [-0.2, 0) is 27.2 Å². The highest BCUT2D eigenvalue weighted by Crippen LogP contribution is 2.28. The molecule has 5 rings (SSSR count). The van der Waals surface area contributed by atoms with Crippen LogP contribution in [0.3, 0.4) is 0 Å². The molecule has 0 saturated heterocycles. The standard InChI is InChI=1S/C26H27N9O2/c1-5-35-16(2)20(13-30-35)22-10-19(18-8-6-7-9-21(18)31-22)25(36)32-23-14-29-34(4)24(23)26(37)27-11-17-12-28-33(3)15-17/h6-10,12-15H,5,11H2,1-4H3,(H,27,37)(H,32,36). The summed E-state index contributed by atoms with van der Waals surface area (Å²) in [6.45, 7) is 5.04. The number of hydrogen-bond acceptors (Lipinski definition) is 6. The Labute approximate surface area is 213 Å². The van der Waals surface area contributed by atoms with Gasteiger partial charge in [-0.2, -0.15) is 15.3 Å². The molecule has 1 aromatic carbocycles. The number of benzene rings is 1. The summed E-state index contributed by atoms with van der Waals surface area (Å²) in [5.41, 5.74) is 5.03. The Bertz CT molecular complexity index is 1630. The van der Waals surface area contributed by atoms with Crippen LogP contribution in [0.5, 0.6) is 0 Å². The van der Waals surface area contributed by atoms with Gasteiger partial charge < -0.3 is 10.6 Å². The molecule has 11 heteroatoms. The van der Waals surface area contributed by atoms with Crippen molar-refractivity contribution in [1.82, 2.24) is 39.6 Å². The second-order valence-electron chi connectivity index (χ2n) is 8.72. The topological polar surface area (TPSA) is 125 Å². The highest BCUT2D eigenvalue weighted by molar-refractivity contribution is 6.14. The van der Waals surface area contributed by atoms with E-state index in [9.17, 15) is 9.59 Å². The lowest BCUT2D eigenvalue weighted by Crippen LogP contribution is -2.26. The molecule has 37 heavy (non-hydrogen) atoms. The number of hydrogen-bond donors (Lipinski definition) is 2. The number of carbonyl (C=O) groups excluding carboxylic acids is 2. The van der Waals surface area contributed by atoms with Gasteiger partial charge in [0.1, 0.15) is 5.69 Å². The average molecular weight is 498 g/mol. The molecule has 0 aliphatic heterocycles. The van der Waals surface area contributed by atoms with Crippen molar-refractivity contribution in [3.63, 3.8) is 0 Å². The minimum Gasteiger partial charge on any atom is -0.346 e. The van der Waals surface area contributed by atoms with Crippen LogP contribution in [-0.4, -0.2) is 46.1 Å². The van der Waals surface area contributed by atoms with E-state index in [0.29, 0.717) is 34.4 Å². The van der Waals surface area contributed by atoms with Gasteiger partial charge in [0.25, 0.3) is 11.8 Å². The van der Waals surface area contributed by atoms with Crippen molar-refractivity contribution in [2.75, 3.05) is 5.32 Å². The molecule has 4 aromatic heterocycles. The van der Waals surface area contributed by atoms with Crippen LogP contribution in [0.1, 0.15) is 39.0 Å². The average Bonchev–Trinajstić information content (AvgIpc) is 3.59. The van der Waals surface area contributed by atoms with Crippen molar-refractivity contribution < 1.29 is 9.59 Å². The molecule has 0 spiro atoms. The minimum atomic E-state index is -0.366. The number of carbonyl (C=O) groups is 2. The van der Waals surface area contributed by atoms with Gasteiger partial charge in [-0.25, -0.2) is 4.98 Å². The number of pyridine rings is 1. The van der Waals surface area contributed by atoms with Crippen molar-refractivity contribution >= 4 is 28.4 Å². The van der Waals surface area contributed by atoms with E-state index < -0.39 is 0 Å². The SMILES string of the molecule is CCn1ncc(-c2cc(C(=O)Nc3cnn(C)c3C(=O)NCc3cnn(C)c3)c3ccccc3n2)c1C.